The van der Waals surface area contributed by atoms with Crippen molar-refractivity contribution in [3.05, 3.63) is 27.8 Å². The number of aromatic nitrogens is 3. The normalized spacial score (nSPS) is 21.3. The molecule has 1 unspecified atom stereocenters. The van der Waals surface area contributed by atoms with Crippen LogP contribution in [-0.4, -0.2) is 27.5 Å². The summed E-state index contributed by atoms with van der Waals surface area (Å²) >= 11 is 1.59. The van der Waals surface area contributed by atoms with Gasteiger partial charge in [-0.15, -0.1) is 11.3 Å². The second-order valence-electron chi connectivity index (χ2n) is 6.22. The van der Waals surface area contributed by atoms with Crippen LogP contribution in [0.15, 0.2) is 10.9 Å². The maximum atomic E-state index is 4.77. The molecule has 1 saturated carbocycles. The Kier molecular flexibility index (Phi) is 3.47. The maximum Gasteiger partial charge on any atom is 0.179 e. The van der Waals surface area contributed by atoms with Gasteiger partial charge in [-0.3, -0.25) is 0 Å². The minimum absolute atomic E-state index is 0.741. The van der Waals surface area contributed by atoms with E-state index in [0.717, 1.165) is 48.6 Å². The summed E-state index contributed by atoms with van der Waals surface area (Å²) in [4.78, 5) is 13.8. The van der Waals surface area contributed by atoms with Gasteiger partial charge in [0.25, 0.3) is 0 Å². The molecule has 1 N–H and O–H groups in total. The molecule has 5 heteroatoms. The molecule has 0 spiro atoms. The van der Waals surface area contributed by atoms with Gasteiger partial charge in [0, 0.05) is 22.8 Å². The van der Waals surface area contributed by atoms with Crippen LogP contribution in [0.4, 0.5) is 0 Å². The number of hydrogen-bond donors (Lipinski definition) is 1. The summed E-state index contributed by atoms with van der Waals surface area (Å²) in [6.45, 7) is 3.27. The Balaban J connectivity index is 1.54. The highest BCUT2D eigenvalue weighted by molar-refractivity contribution is 7.07. The average molecular weight is 300 g/mol. The minimum Gasteiger partial charge on any atom is -0.314 e. The average Bonchev–Trinajstić information content (AvgIpc) is 3.16. The van der Waals surface area contributed by atoms with E-state index in [1.807, 2.05) is 10.9 Å². The molecule has 1 atom stereocenters. The first-order valence-electron chi connectivity index (χ1n) is 7.78. The Morgan fingerprint density at radius 3 is 2.95 bits per heavy atom. The molecular weight excluding hydrogens is 280 g/mol. The third-order valence-corrected chi connectivity index (χ3v) is 5.10. The number of fused-ring (bicyclic) bond motifs is 1. The van der Waals surface area contributed by atoms with Crippen molar-refractivity contribution in [3.8, 4) is 11.5 Å². The zero-order valence-electron chi connectivity index (χ0n) is 12.3. The molecule has 21 heavy (non-hydrogen) atoms. The summed E-state index contributed by atoms with van der Waals surface area (Å²) in [6, 6.07) is 0.802. The molecule has 4 nitrogen and oxygen atoms in total. The maximum absolute atomic E-state index is 4.77. The third kappa shape index (κ3) is 2.85. The number of hydrogen-bond acceptors (Lipinski definition) is 5. The molecule has 110 valence electrons. The zero-order valence-corrected chi connectivity index (χ0v) is 13.1. The molecule has 0 aliphatic heterocycles. The second kappa shape index (κ2) is 5.46. The van der Waals surface area contributed by atoms with Crippen molar-refractivity contribution in [2.75, 3.05) is 6.54 Å². The first-order valence-corrected chi connectivity index (χ1v) is 8.72. The van der Waals surface area contributed by atoms with Crippen LogP contribution < -0.4 is 5.32 Å². The Morgan fingerprint density at radius 1 is 1.29 bits per heavy atom. The largest absolute Gasteiger partial charge is 0.314 e. The quantitative estimate of drug-likeness (QED) is 0.943. The van der Waals surface area contributed by atoms with Crippen molar-refractivity contribution in [1.82, 2.24) is 20.3 Å². The Hall–Kier alpha value is -1.33. The lowest BCUT2D eigenvalue weighted by atomic mass is 9.85. The molecule has 2 aromatic rings. The lowest BCUT2D eigenvalue weighted by Gasteiger charge is -2.25. The highest BCUT2D eigenvalue weighted by Crippen LogP contribution is 2.29. The van der Waals surface area contributed by atoms with E-state index < -0.39 is 0 Å². The second-order valence-corrected chi connectivity index (χ2v) is 6.94. The fourth-order valence-electron chi connectivity index (χ4n) is 3.09. The summed E-state index contributed by atoms with van der Waals surface area (Å²) in [5.41, 5.74) is 6.51. The van der Waals surface area contributed by atoms with Gasteiger partial charge >= 0.3 is 0 Å². The molecule has 0 radical (unpaired) electrons. The van der Waals surface area contributed by atoms with Gasteiger partial charge in [-0.05, 0) is 57.1 Å². The van der Waals surface area contributed by atoms with Crippen LogP contribution in [0.3, 0.4) is 0 Å². The summed E-state index contributed by atoms with van der Waals surface area (Å²) in [7, 11) is 0. The molecule has 0 bridgehead atoms. The lowest BCUT2D eigenvalue weighted by Crippen LogP contribution is -2.29. The van der Waals surface area contributed by atoms with E-state index in [1.165, 1.54) is 30.5 Å². The van der Waals surface area contributed by atoms with Crippen LogP contribution in [0.25, 0.3) is 11.5 Å². The Bertz CT molecular complexity index is 634. The third-order valence-electron chi connectivity index (χ3n) is 4.52. The molecule has 0 amide bonds. The molecule has 2 heterocycles. The van der Waals surface area contributed by atoms with Crippen molar-refractivity contribution < 1.29 is 0 Å². The van der Waals surface area contributed by atoms with Crippen LogP contribution in [0.2, 0.25) is 0 Å². The zero-order chi connectivity index (χ0) is 14.2. The van der Waals surface area contributed by atoms with Crippen molar-refractivity contribution in [2.45, 2.75) is 45.1 Å². The van der Waals surface area contributed by atoms with Gasteiger partial charge in [-0.1, -0.05) is 0 Å². The van der Waals surface area contributed by atoms with Crippen LogP contribution in [0.5, 0.6) is 0 Å². The van der Waals surface area contributed by atoms with Gasteiger partial charge in [-0.25, -0.2) is 15.0 Å². The first-order chi connectivity index (χ1) is 10.3. The van der Waals surface area contributed by atoms with E-state index in [9.17, 15) is 0 Å². The molecule has 0 saturated heterocycles. The predicted octanol–water partition coefficient (Wildman–Crippen LogP) is 2.77. The Morgan fingerprint density at radius 2 is 2.19 bits per heavy atom. The summed E-state index contributed by atoms with van der Waals surface area (Å²) < 4.78 is 0. The highest BCUT2D eigenvalue weighted by Gasteiger charge is 2.26. The van der Waals surface area contributed by atoms with Crippen LogP contribution in [0.1, 0.15) is 36.2 Å². The van der Waals surface area contributed by atoms with E-state index in [4.69, 9.17) is 4.98 Å². The summed E-state index contributed by atoms with van der Waals surface area (Å²) in [6.07, 6.45) is 6.16. The number of nitrogens with one attached hydrogen (secondary N) is 1. The molecule has 2 aromatic heterocycles. The van der Waals surface area contributed by atoms with Crippen molar-refractivity contribution in [2.24, 2.45) is 5.92 Å². The summed E-state index contributed by atoms with van der Waals surface area (Å²) in [5, 5.41) is 5.68. The van der Waals surface area contributed by atoms with Gasteiger partial charge in [0.2, 0.25) is 0 Å². The topological polar surface area (TPSA) is 50.7 Å². The van der Waals surface area contributed by atoms with E-state index in [1.54, 1.807) is 11.3 Å². The number of rotatable bonds is 4. The Labute approximate surface area is 129 Å². The highest BCUT2D eigenvalue weighted by atomic mass is 32.1. The molecule has 2 aliphatic rings. The number of nitrogens with zero attached hydrogens (tertiary/aromatic N) is 3. The lowest BCUT2D eigenvalue weighted by molar-refractivity contribution is 0.417. The minimum atomic E-state index is 0.741. The van der Waals surface area contributed by atoms with Crippen molar-refractivity contribution in [3.63, 3.8) is 0 Å². The smallest absolute Gasteiger partial charge is 0.179 e. The SMILES string of the molecule is Cc1nc(-c2cscn2)nc2c1CC(CNC1CC1)CC2. The summed E-state index contributed by atoms with van der Waals surface area (Å²) in [5.74, 6) is 1.53. The van der Waals surface area contributed by atoms with Gasteiger partial charge in [0.1, 0.15) is 5.69 Å². The van der Waals surface area contributed by atoms with E-state index in [-0.39, 0.29) is 0 Å². The fourth-order valence-corrected chi connectivity index (χ4v) is 3.62. The molecular formula is C16H20N4S. The van der Waals surface area contributed by atoms with Gasteiger partial charge < -0.3 is 5.32 Å². The predicted molar refractivity (Wildman–Crippen MR) is 84.4 cm³/mol. The molecule has 4 rings (SSSR count). The molecule has 1 fully saturated rings. The fraction of sp³-hybridized carbons (Fsp3) is 0.562. The molecule has 0 aromatic carbocycles. The molecule has 2 aliphatic carbocycles. The van der Waals surface area contributed by atoms with Gasteiger partial charge in [-0.2, -0.15) is 0 Å². The van der Waals surface area contributed by atoms with Crippen LogP contribution in [0, 0.1) is 12.8 Å². The van der Waals surface area contributed by atoms with E-state index in [0.29, 0.717) is 0 Å². The van der Waals surface area contributed by atoms with Crippen molar-refractivity contribution in [1.29, 1.82) is 0 Å². The number of aryl methyl sites for hydroxylation is 2. The van der Waals surface area contributed by atoms with Crippen LogP contribution in [-0.2, 0) is 12.8 Å². The standard InChI is InChI=1S/C16H20N4S/c1-10-13-6-11(7-17-12-3-4-12)2-5-14(13)20-16(19-10)15-8-21-9-18-15/h8-9,11-12,17H,2-7H2,1H3. The monoisotopic (exact) mass is 300 g/mol. The van der Waals surface area contributed by atoms with Crippen molar-refractivity contribution >= 4 is 11.3 Å². The van der Waals surface area contributed by atoms with Gasteiger partial charge in [0.05, 0.1) is 5.51 Å². The van der Waals surface area contributed by atoms with Gasteiger partial charge in [0.15, 0.2) is 5.82 Å². The number of thiazole rings is 1. The van der Waals surface area contributed by atoms with Crippen LogP contribution >= 0.6 is 11.3 Å². The first kappa shape index (κ1) is 13.3. The van der Waals surface area contributed by atoms with E-state index >= 15 is 0 Å². The van der Waals surface area contributed by atoms with E-state index in [2.05, 4.69) is 22.2 Å².